The number of nitrogens with zero attached hydrogens (tertiary/aromatic N) is 4. The number of imidazole rings is 1. The maximum absolute atomic E-state index is 11.0. The summed E-state index contributed by atoms with van der Waals surface area (Å²) in [7, 11) is 0. The number of hydrogen-bond acceptors (Lipinski definition) is 4. The Bertz CT molecular complexity index is 2440. The molecule has 0 saturated carbocycles. The number of pyridine rings is 2. The molecule has 0 fully saturated rings. The first kappa shape index (κ1) is 32.2. The molecule has 6 heteroatoms. The molecule has 0 aliphatic carbocycles. The van der Waals surface area contributed by atoms with E-state index in [0.717, 1.165) is 61.1 Å². The van der Waals surface area contributed by atoms with E-state index >= 15 is 0 Å². The molecule has 1 N–H and O–H groups in total. The number of hydrogen-bond donors (Lipinski definition) is 1. The van der Waals surface area contributed by atoms with Gasteiger partial charge in [0.15, 0.2) is 0 Å². The third-order valence-corrected chi connectivity index (χ3v) is 8.91. The van der Waals surface area contributed by atoms with Crippen LogP contribution in [0.1, 0.15) is 26.3 Å². The van der Waals surface area contributed by atoms with E-state index in [1.807, 2.05) is 54.9 Å². The zero-order valence-electron chi connectivity index (χ0n) is 27.3. The summed E-state index contributed by atoms with van der Waals surface area (Å²) in [5, 5.41) is 12.0. The number of rotatable bonds is 5. The van der Waals surface area contributed by atoms with E-state index in [0.29, 0.717) is 11.4 Å². The summed E-state index contributed by atoms with van der Waals surface area (Å²) in [4.78, 5) is 14.6. The average Bonchev–Trinajstić information content (AvgIpc) is 3.51. The van der Waals surface area contributed by atoms with Crippen LogP contribution in [0, 0.1) is 6.07 Å². The van der Waals surface area contributed by atoms with E-state index in [1.165, 1.54) is 5.56 Å². The van der Waals surface area contributed by atoms with Crippen molar-refractivity contribution in [3.8, 4) is 56.3 Å². The first-order valence-corrected chi connectivity index (χ1v) is 16.1. The van der Waals surface area contributed by atoms with Crippen molar-refractivity contribution in [2.24, 2.45) is 0 Å². The predicted octanol–water partition coefficient (Wildman–Crippen LogP) is 10.4. The van der Waals surface area contributed by atoms with Crippen LogP contribution in [0.3, 0.4) is 0 Å². The van der Waals surface area contributed by atoms with Gasteiger partial charge in [-0.3, -0.25) is 14.5 Å². The van der Waals surface area contributed by atoms with Crippen LogP contribution < -0.4 is 0 Å². The van der Waals surface area contributed by atoms with Gasteiger partial charge < -0.3 is 5.11 Å². The number of fused-ring (bicyclic) bond motifs is 2. The number of phenols is 1. The minimum atomic E-state index is 0. The van der Waals surface area contributed by atoms with Crippen LogP contribution in [-0.4, -0.2) is 24.6 Å². The van der Waals surface area contributed by atoms with Gasteiger partial charge in [-0.25, -0.2) is 4.98 Å². The minimum absolute atomic E-state index is 0. The third-order valence-electron chi connectivity index (χ3n) is 8.91. The molecule has 0 unspecified atom stereocenters. The Kier molecular flexibility index (Phi) is 8.48. The molecule has 0 amide bonds. The zero-order valence-corrected chi connectivity index (χ0v) is 29.6. The molecule has 0 atom stereocenters. The molecule has 3 aromatic heterocycles. The summed E-state index contributed by atoms with van der Waals surface area (Å²) in [5.41, 5.74) is 11.4. The summed E-state index contributed by atoms with van der Waals surface area (Å²) in [5.74, 6) is 0.861. The Hall–Kier alpha value is -5.38. The number of aromatic nitrogens is 4. The fourth-order valence-electron chi connectivity index (χ4n) is 6.45. The van der Waals surface area contributed by atoms with Crippen LogP contribution in [0.15, 0.2) is 140 Å². The van der Waals surface area contributed by atoms with Crippen molar-refractivity contribution in [2.45, 2.75) is 26.2 Å². The SMILES string of the molecule is CC(C)(C)c1ccc(-n2c(-c3ccccc3O)nc3c(-c4[c-]c(-c5ccc(-c6ccccn6)c6cccnc56)ccc4)cccc32)cc1.[Pt]. The molecule has 8 aromatic rings. The summed E-state index contributed by atoms with van der Waals surface area (Å²) in [6.07, 6.45) is 3.65. The van der Waals surface area contributed by atoms with E-state index in [4.69, 9.17) is 9.97 Å². The van der Waals surface area contributed by atoms with Crippen LogP contribution in [0.5, 0.6) is 5.75 Å². The van der Waals surface area contributed by atoms with Gasteiger partial charge in [0.2, 0.25) is 0 Å². The van der Waals surface area contributed by atoms with Crippen molar-refractivity contribution < 1.29 is 26.2 Å². The van der Waals surface area contributed by atoms with Gasteiger partial charge in [0.1, 0.15) is 11.6 Å². The number of aromatic hydroxyl groups is 1. The maximum Gasteiger partial charge on any atom is 0.148 e. The smallest absolute Gasteiger partial charge is 0.148 e. The van der Waals surface area contributed by atoms with Gasteiger partial charge in [-0.1, -0.05) is 92.6 Å². The summed E-state index contributed by atoms with van der Waals surface area (Å²) in [6, 6.07) is 46.4. The van der Waals surface area contributed by atoms with Crippen molar-refractivity contribution in [3.05, 3.63) is 151 Å². The van der Waals surface area contributed by atoms with Crippen molar-refractivity contribution in [1.82, 2.24) is 19.5 Å². The normalized spacial score (nSPS) is 11.5. The fourth-order valence-corrected chi connectivity index (χ4v) is 6.45. The van der Waals surface area contributed by atoms with E-state index < -0.39 is 0 Å². The van der Waals surface area contributed by atoms with Crippen molar-refractivity contribution in [3.63, 3.8) is 0 Å². The molecular weight excluding hydrogens is 784 g/mol. The molecule has 0 aliphatic heterocycles. The van der Waals surface area contributed by atoms with E-state index in [1.54, 1.807) is 6.07 Å². The Morgan fingerprint density at radius 1 is 0.592 bits per heavy atom. The molecule has 0 spiro atoms. The average molecular weight is 817 g/mol. The second kappa shape index (κ2) is 12.9. The number of para-hydroxylation sites is 2. The molecule has 0 radical (unpaired) electrons. The van der Waals surface area contributed by atoms with Gasteiger partial charge in [0.05, 0.1) is 22.3 Å². The van der Waals surface area contributed by atoms with Crippen molar-refractivity contribution in [2.75, 3.05) is 0 Å². The van der Waals surface area contributed by atoms with Crippen molar-refractivity contribution >= 4 is 21.9 Å². The molecule has 49 heavy (non-hydrogen) atoms. The Morgan fingerprint density at radius 3 is 2.00 bits per heavy atom. The maximum atomic E-state index is 11.0. The Balaban J connectivity index is 0.00000378. The molecule has 0 bridgehead atoms. The monoisotopic (exact) mass is 816 g/mol. The Morgan fingerprint density at radius 2 is 1.27 bits per heavy atom. The third kappa shape index (κ3) is 5.85. The standard InChI is InChI=1S/C43H33N4O.Pt/c1-43(2,3)30-19-21-31(22-20-30)47-38-17-9-14-32(41(38)46-42(47)36-13-4-5-18-39(36)48)28-11-8-12-29(27-28)33-23-24-34(37-16-6-7-25-44-37)35-15-10-26-45-40(33)35;/h4-26,48H,1-3H3;/q-1;. The first-order valence-electron chi connectivity index (χ1n) is 16.1. The van der Waals surface area contributed by atoms with Crippen LogP contribution >= 0.6 is 0 Å². The Labute approximate surface area is 300 Å². The number of phenolic OH excluding ortho intramolecular Hbond substituents is 1. The largest absolute Gasteiger partial charge is 0.507 e. The number of benzene rings is 5. The van der Waals surface area contributed by atoms with Gasteiger partial charge in [0, 0.05) is 55.6 Å². The molecular formula is C43H33N4OPt-. The zero-order chi connectivity index (χ0) is 32.8. The van der Waals surface area contributed by atoms with E-state index in [2.05, 4.69) is 115 Å². The molecule has 0 aliphatic rings. The summed E-state index contributed by atoms with van der Waals surface area (Å²) < 4.78 is 2.14. The summed E-state index contributed by atoms with van der Waals surface area (Å²) >= 11 is 0. The molecule has 5 aromatic carbocycles. The van der Waals surface area contributed by atoms with Crippen LogP contribution in [0.4, 0.5) is 0 Å². The van der Waals surface area contributed by atoms with Crippen LogP contribution in [0.2, 0.25) is 0 Å². The molecule has 3 heterocycles. The molecule has 242 valence electrons. The topological polar surface area (TPSA) is 63.8 Å². The molecule has 8 rings (SSSR count). The van der Waals surface area contributed by atoms with Gasteiger partial charge in [-0.15, -0.1) is 35.4 Å². The summed E-state index contributed by atoms with van der Waals surface area (Å²) in [6.45, 7) is 6.64. The first-order chi connectivity index (χ1) is 23.4. The van der Waals surface area contributed by atoms with Gasteiger partial charge in [0.25, 0.3) is 0 Å². The van der Waals surface area contributed by atoms with Gasteiger partial charge in [-0.05, 0) is 59.5 Å². The van der Waals surface area contributed by atoms with Crippen LogP contribution in [-0.2, 0) is 26.5 Å². The molecule has 0 saturated heterocycles. The van der Waals surface area contributed by atoms with E-state index in [-0.39, 0.29) is 32.2 Å². The van der Waals surface area contributed by atoms with Gasteiger partial charge in [-0.2, -0.15) is 0 Å². The quantitative estimate of drug-likeness (QED) is 0.176. The predicted molar refractivity (Wildman–Crippen MR) is 195 cm³/mol. The van der Waals surface area contributed by atoms with Crippen LogP contribution in [0.25, 0.3) is 72.5 Å². The fraction of sp³-hybridized carbons (Fsp3) is 0.0930. The van der Waals surface area contributed by atoms with Gasteiger partial charge >= 0.3 is 0 Å². The second-order valence-corrected chi connectivity index (χ2v) is 13.0. The second-order valence-electron chi connectivity index (χ2n) is 13.0. The molecule has 5 nitrogen and oxygen atoms in total. The van der Waals surface area contributed by atoms with Crippen molar-refractivity contribution in [1.29, 1.82) is 0 Å². The van der Waals surface area contributed by atoms with E-state index in [9.17, 15) is 5.11 Å². The minimum Gasteiger partial charge on any atom is -0.507 e.